The molecule has 0 bridgehead atoms. The van der Waals surface area contributed by atoms with Gasteiger partial charge in [-0.25, -0.2) is 0 Å². The van der Waals surface area contributed by atoms with Crippen LogP contribution in [0.1, 0.15) is 11.1 Å². The Balaban J connectivity index is 1.59. The number of alkyl halides is 3. The second-order valence-corrected chi connectivity index (χ2v) is 6.47. The lowest BCUT2D eigenvalue weighted by atomic mass is 10.1. The smallest absolute Gasteiger partial charge is 0.416 e. The van der Waals surface area contributed by atoms with Crippen molar-refractivity contribution in [1.82, 2.24) is 4.90 Å². The summed E-state index contributed by atoms with van der Waals surface area (Å²) in [4.78, 5) is 16.0. The summed E-state index contributed by atoms with van der Waals surface area (Å²) >= 11 is 0. The van der Waals surface area contributed by atoms with Crippen LogP contribution in [0.25, 0.3) is 6.08 Å². The second kappa shape index (κ2) is 8.37. The van der Waals surface area contributed by atoms with E-state index < -0.39 is 11.7 Å². The predicted octanol–water partition coefficient (Wildman–Crippen LogP) is 4.08. The third-order valence-electron chi connectivity index (χ3n) is 4.64. The van der Waals surface area contributed by atoms with Crippen molar-refractivity contribution < 1.29 is 22.7 Å². The SMILES string of the molecule is COc1cccc(C=CC(=O)N2CCN(c3cccc(C(F)(F)F)c3)CC2)c1. The molecule has 3 rings (SSSR count). The Morgan fingerprint density at radius 3 is 2.43 bits per heavy atom. The van der Waals surface area contributed by atoms with Gasteiger partial charge in [-0.1, -0.05) is 18.2 Å². The molecular formula is C21H21F3N2O2. The minimum atomic E-state index is -4.36. The van der Waals surface area contributed by atoms with Crippen molar-refractivity contribution >= 4 is 17.7 Å². The average Bonchev–Trinajstić information content (AvgIpc) is 2.72. The summed E-state index contributed by atoms with van der Waals surface area (Å²) in [6.45, 7) is 1.88. The van der Waals surface area contributed by atoms with E-state index in [0.717, 1.165) is 17.7 Å². The minimum absolute atomic E-state index is 0.119. The molecule has 1 heterocycles. The first-order valence-electron chi connectivity index (χ1n) is 8.90. The van der Waals surface area contributed by atoms with E-state index in [4.69, 9.17) is 4.74 Å². The van der Waals surface area contributed by atoms with E-state index in [1.807, 2.05) is 29.2 Å². The molecule has 4 nitrogen and oxygen atoms in total. The lowest BCUT2D eigenvalue weighted by Crippen LogP contribution is -2.48. The molecule has 0 saturated carbocycles. The number of amides is 1. The topological polar surface area (TPSA) is 32.8 Å². The van der Waals surface area contributed by atoms with Crippen molar-refractivity contribution in [2.45, 2.75) is 6.18 Å². The van der Waals surface area contributed by atoms with E-state index >= 15 is 0 Å². The summed E-state index contributed by atoms with van der Waals surface area (Å²) in [5.41, 5.74) is 0.717. The molecule has 1 saturated heterocycles. The van der Waals surface area contributed by atoms with E-state index in [0.29, 0.717) is 37.6 Å². The minimum Gasteiger partial charge on any atom is -0.497 e. The van der Waals surface area contributed by atoms with Crippen molar-refractivity contribution in [2.75, 3.05) is 38.2 Å². The number of nitrogens with zero attached hydrogens (tertiary/aromatic N) is 2. The van der Waals surface area contributed by atoms with Crippen molar-refractivity contribution in [2.24, 2.45) is 0 Å². The number of benzene rings is 2. The number of ether oxygens (including phenoxy) is 1. The van der Waals surface area contributed by atoms with E-state index in [1.165, 1.54) is 12.1 Å². The van der Waals surface area contributed by atoms with Gasteiger partial charge in [0.1, 0.15) is 5.75 Å². The Kier molecular flexibility index (Phi) is 5.92. The Bertz CT molecular complexity index is 857. The Hall–Kier alpha value is -2.96. The van der Waals surface area contributed by atoms with Gasteiger partial charge in [-0.3, -0.25) is 4.79 Å². The van der Waals surface area contributed by atoms with Crippen molar-refractivity contribution in [3.8, 4) is 5.75 Å². The van der Waals surface area contributed by atoms with Gasteiger partial charge in [0.2, 0.25) is 5.91 Å². The normalized spacial score (nSPS) is 15.1. The number of hydrogen-bond donors (Lipinski definition) is 0. The first-order valence-corrected chi connectivity index (χ1v) is 8.90. The maximum Gasteiger partial charge on any atom is 0.416 e. The molecule has 1 fully saturated rings. The fourth-order valence-corrected chi connectivity index (χ4v) is 3.08. The number of piperazine rings is 1. The van der Waals surface area contributed by atoms with Crippen LogP contribution in [0.4, 0.5) is 18.9 Å². The zero-order chi connectivity index (χ0) is 20.1. The first kappa shape index (κ1) is 19.8. The number of carbonyl (C=O) groups is 1. The van der Waals surface area contributed by atoms with Crippen LogP contribution < -0.4 is 9.64 Å². The fourth-order valence-electron chi connectivity index (χ4n) is 3.08. The highest BCUT2D eigenvalue weighted by molar-refractivity contribution is 5.92. The summed E-state index contributed by atoms with van der Waals surface area (Å²) in [5, 5.41) is 0. The third kappa shape index (κ3) is 4.85. The fraction of sp³-hybridized carbons (Fsp3) is 0.286. The molecule has 2 aromatic rings. The van der Waals surface area contributed by atoms with Gasteiger partial charge in [0, 0.05) is 37.9 Å². The summed E-state index contributed by atoms with van der Waals surface area (Å²) in [7, 11) is 1.58. The predicted molar refractivity (Wildman–Crippen MR) is 102 cm³/mol. The first-order chi connectivity index (χ1) is 13.4. The van der Waals surface area contributed by atoms with Crippen molar-refractivity contribution in [3.05, 3.63) is 65.7 Å². The average molecular weight is 390 g/mol. The molecule has 0 N–H and O–H groups in total. The number of methoxy groups -OCH3 is 1. The Labute approximate surface area is 161 Å². The van der Waals surface area contributed by atoms with E-state index in [1.54, 1.807) is 24.2 Å². The number of rotatable bonds is 4. The summed E-state index contributed by atoms with van der Waals surface area (Å²) in [5.74, 6) is 0.593. The van der Waals surface area contributed by atoms with Crippen LogP contribution in [0.2, 0.25) is 0 Å². The number of anilines is 1. The molecule has 0 atom stereocenters. The van der Waals surface area contributed by atoms with Crippen LogP contribution in [-0.2, 0) is 11.0 Å². The third-order valence-corrected chi connectivity index (χ3v) is 4.64. The van der Waals surface area contributed by atoms with Crippen LogP contribution in [-0.4, -0.2) is 44.1 Å². The van der Waals surface area contributed by atoms with E-state index in [2.05, 4.69) is 0 Å². The zero-order valence-electron chi connectivity index (χ0n) is 15.4. The molecular weight excluding hydrogens is 369 g/mol. The van der Waals surface area contributed by atoms with Gasteiger partial charge >= 0.3 is 6.18 Å². The number of hydrogen-bond acceptors (Lipinski definition) is 3. The van der Waals surface area contributed by atoms with Gasteiger partial charge in [0.15, 0.2) is 0 Å². The number of carbonyl (C=O) groups excluding carboxylic acids is 1. The molecule has 28 heavy (non-hydrogen) atoms. The maximum absolute atomic E-state index is 12.9. The lowest BCUT2D eigenvalue weighted by Gasteiger charge is -2.35. The standard InChI is InChI=1S/C21H21F3N2O2/c1-28-19-7-2-4-16(14-19)8-9-20(27)26-12-10-25(11-13-26)18-6-3-5-17(15-18)21(22,23)24/h2-9,14-15H,10-13H2,1H3. The largest absolute Gasteiger partial charge is 0.497 e. The molecule has 7 heteroatoms. The summed E-state index contributed by atoms with van der Waals surface area (Å²) in [6.07, 6.45) is -1.13. The molecule has 1 aliphatic rings. The van der Waals surface area contributed by atoms with Crippen LogP contribution in [0.3, 0.4) is 0 Å². The Morgan fingerprint density at radius 1 is 1.04 bits per heavy atom. The van der Waals surface area contributed by atoms with E-state index in [9.17, 15) is 18.0 Å². The van der Waals surface area contributed by atoms with Crippen LogP contribution in [0, 0.1) is 0 Å². The molecule has 1 aliphatic heterocycles. The van der Waals surface area contributed by atoms with Gasteiger partial charge in [-0.15, -0.1) is 0 Å². The quantitative estimate of drug-likeness (QED) is 0.738. The van der Waals surface area contributed by atoms with Crippen molar-refractivity contribution in [1.29, 1.82) is 0 Å². The highest BCUT2D eigenvalue weighted by atomic mass is 19.4. The second-order valence-electron chi connectivity index (χ2n) is 6.47. The molecule has 2 aromatic carbocycles. The van der Waals surface area contributed by atoms with Gasteiger partial charge in [0.25, 0.3) is 0 Å². The monoisotopic (exact) mass is 390 g/mol. The highest BCUT2D eigenvalue weighted by Gasteiger charge is 2.31. The molecule has 0 aliphatic carbocycles. The van der Waals surface area contributed by atoms with Crippen LogP contribution in [0.15, 0.2) is 54.6 Å². The molecule has 0 radical (unpaired) electrons. The van der Waals surface area contributed by atoms with Crippen LogP contribution >= 0.6 is 0 Å². The molecule has 1 amide bonds. The van der Waals surface area contributed by atoms with Gasteiger partial charge in [-0.05, 0) is 42.0 Å². The van der Waals surface area contributed by atoms with Gasteiger partial charge in [-0.2, -0.15) is 13.2 Å². The lowest BCUT2D eigenvalue weighted by molar-refractivity contribution is -0.137. The van der Waals surface area contributed by atoms with Crippen molar-refractivity contribution in [3.63, 3.8) is 0 Å². The molecule has 0 aromatic heterocycles. The molecule has 148 valence electrons. The maximum atomic E-state index is 12.9. The Morgan fingerprint density at radius 2 is 1.75 bits per heavy atom. The van der Waals surface area contributed by atoms with E-state index in [-0.39, 0.29) is 5.91 Å². The molecule has 0 unspecified atom stereocenters. The summed E-state index contributed by atoms with van der Waals surface area (Å²) in [6, 6.07) is 12.7. The highest BCUT2D eigenvalue weighted by Crippen LogP contribution is 2.31. The summed E-state index contributed by atoms with van der Waals surface area (Å²) < 4.78 is 43.8. The zero-order valence-corrected chi connectivity index (χ0v) is 15.4. The van der Waals surface area contributed by atoms with Crippen LogP contribution in [0.5, 0.6) is 5.75 Å². The van der Waals surface area contributed by atoms with Gasteiger partial charge in [0.05, 0.1) is 12.7 Å². The number of halogens is 3. The molecule has 0 spiro atoms. The van der Waals surface area contributed by atoms with Gasteiger partial charge < -0.3 is 14.5 Å².